The van der Waals surface area contributed by atoms with Gasteiger partial charge >= 0.3 is 6.03 Å². The fourth-order valence-corrected chi connectivity index (χ4v) is 3.32. The molecule has 2 heterocycles. The summed E-state index contributed by atoms with van der Waals surface area (Å²) in [5, 5.41) is 11.5. The summed E-state index contributed by atoms with van der Waals surface area (Å²) in [7, 11) is 0. The Kier molecular flexibility index (Phi) is 4.89. The van der Waals surface area contributed by atoms with E-state index in [1.54, 1.807) is 50.5 Å². The summed E-state index contributed by atoms with van der Waals surface area (Å²) < 4.78 is 0. The van der Waals surface area contributed by atoms with E-state index >= 15 is 0 Å². The molecule has 1 aromatic heterocycles. The predicted molar refractivity (Wildman–Crippen MR) is 104 cm³/mol. The van der Waals surface area contributed by atoms with Crippen LogP contribution in [0, 0.1) is 10.1 Å². The van der Waals surface area contributed by atoms with Crippen molar-refractivity contribution in [2.45, 2.75) is 45.7 Å². The predicted octanol–water partition coefficient (Wildman–Crippen LogP) is 3.86. The van der Waals surface area contributed by atoms with Crippen LogP contribution < -0.4 is 4.90 Å². The number of amides is 3. The second-order valence-corrected chi connectivity index (χ2v) is 7.58. The molecule has 0 saturated carbocycles. The highest BCUT2D eigenvalue weighted by Crippen LogP contribution is 2.36. The van der Waals surface area contributed by atoms with Crippen LogP contribution in [0.1, 0.15) is 44.7 Å². The summed E-state index contributed by atoms with van der Waals surface area (Å²) in [4.78, 5) is 43.6. The van der Waals surface area contributed by atoms with Gasteiger partial charge in [0.25, 0.3) is 11.6 Å². The lowest BCUT2D eigenvalue weighted by Crippen LogP contribution is -2.43. The third-order valence-electron chi connectivity index (χ3n) is 5.00. The van der Waals surface area contributed by atoms with Gasteiger partial charge in [-0.15, -0.1) is 0 Å². The number of urea groups is 1. The minimum absolute atomic E-state index is 0.0564. The summed E-state index contributed by atoms with van der Waals surface area (Å²) in [6.07, 6.45) is 3.24. The van der Waals surface area contributed by atoms with Crippen LogP contribution in [0.25, 0.3) is 0 Å². The molecule has 1 aliphatic heterocycles. The molecule has 3 rings (SSSR count). The molecule has 0 bridgehead atoms. The molecule has 28 heavy (non-hydrogen) atoms. The fourth-order valence-electron chi connectivity index (χ4n) is 3.32. The largest absolute Gasteiger partial charge is 0.332 e. The molecule has 0 radical (unpaired) electrons. The number of benzene rings is 1. The van der Waals surface area contributed by atoms with Crippen LogP contribution >= 0.6 is 0 Å². The summed E-state index contributed by atoms with van der Waals surface area (Å²) in [6, 6.07) is 7.55. The molecule has 1 aliphatic rings. The zero-order chi connectivity index (χ0) is 20.6. The van der Waals surface area contributed by atoms with E-state index in [1.165, 1.54) is 11.0 Å². The molecule has 146 valence electrons. The van der Waals surface area contributed by atoms with Crippen molar-refractivity contribution >= 4 is 23.3 Å². The number of hydrogen-bond donors (Lipinski definition) is 0. The SMILES string of the molecule is CC(C)c1ccc(N2C(=O)N(Cc3ccncc3)C(C)(C)C2=O)cc1[N+](=O)[O-]. The number of anilines is 1. The lowest BCUT2D eigenvalue weighted by atomic mass is 10.00. The molecule has 0 spiro atoms. The molecule has 1 aromatic carbocycles. The van der Waals surface area contributed by atoms with E-state index in [2.05, 4.69) is 4.98 Å². The van der Waals surface area contributed by atoms with Gasteiger partial charge < -0.3 is 4.90 Å². The summed E-state index contributed by atoms with van der Waals surface area (Å²) in [5.74, 6) is -0.475. The van der Waals surface area contributed by atoms with Crippen molar-refractivity contribution in [3.8, 4) is 0 Å². The third kappa shape index (κ3) is 3.21. The van der Waals surface area contributed by atoms with Crippen LogP contribution in [-0.2, 0) is 11.3 Å². The first-order chi connectivity index (χ1) is 13.1. The maximum Gasteiger partial charge on any atom is 0.332 e. The minimum atomic E-state index is -1.08. The Labute approximate surface area is 162 Å². The van der Waals surface area contributed by atoms with Gasteiger partial charge in [-0.05, 0) is 49.6 Å². The number of imide groups is 1. The van der Waals surface area contributed by atoms with Crippen LogP contribution in [0.15, 0.2) is 42.7 Å². The van der Waals surface area contributed by atoms with Gasteiger partial charge in [-0.25, -0.2) is 9.69 Å². The maximum absolute atomic E-state index is 13.1. The summed E-state index contributed by atoms with van der Waals surface area (Å²) in [5.41, 5.74) is 0.425. The van der Waals surface area contributed by atoms with Crippen molar-refractivity contribution < 1.29 is 14.5 Å². The number of nitro benzene ring substituents is 1. The van der Waals surface area contributed by atoms with Crippen molar-refractivity contribution in [3.05, 3.63) is 64.0 Å². The number of carbonyl (C=O) groups is 2. The van der Waals surface area contributed by atoms with Gasteiger partial charge in [0, 0.05) is 30.6 Å². The average molecular weight is 382 g/mol. The zero-order valence-electron chi connectivity index (χ0n) is 16.2. The van der Waals surface area contributed by atoms with E-state index in [9.17, 15) is 19.7 Å². The molecule has 8 heteroatoms. The Balaban J connectivity index is 2.01. The van der Waals surface area contributed by atoms with Crippen LogP contribution in [-0.4, -0.2) is 32.3 Å². The molecular formula is C20H22N4O4. The molecule has 2 aromatic rings. The smallest absolute Gasteiger partial charge is 0.305 e. The Morgan fingerprint density at radius 2 is 1.79 bits per heavy atom. The number of aromatic nitrogens is 1. The average Bonchev–Trinajstić information content (AvgIpc) is 2.81. The van der Waals surface area contributed by atoms with Gasteiger partial charge in [-0.1, -0.05) is 13.8 Å². The van der Waals surface area contributed by atoms with Gasteiger partial charge in [-0.3, -0.25) is 19.9 Å². The highest BCUT2D eigenvalue weighted by atomic mass is 16.6. The van der Waals surface area contributed by atoms with Crippen molar-refractivity contribution in [1.29, 1.82) is 0 Å². The Hall–Kier alpha value is -3.29. The summed E-state index contributed by atoms with van der Waals surface area (Å²) >= 11 is 0. The molecule has 0 N–H and O–H groups in total. The maximum atomic E-state index is 13.1. The van der Waals surface area contributed by atoms with Crippen LogP contribution in [0.4, 0.5) is 16.2 Å². The quantitative estimate of drug-likeness (QED) is 0.444. The second kappa shape index (κ2) is 7.03. The molecule has 3 amide bonds. The second-order valence-electron chi connectivity index (χ2n) is 7.58. The van der Waals surface area contributed by atoms with Gasteiger partial charge in [0.2, 0.25) is 0 Å². The number of hydrogen-bond acceptors (Lipinski definition) is 5. The topological polar surface area (TPSA) is 96.7 Å². The Morgan fingerprint density at radius 3 is 2.36 bits per heavy atom. The van der Waals surface area contributed by atoms with E-state index in [0.717, 1.165) is 10.5 Å². The number of nitrogens with zero attached hydrogens (tertiary/aromatic N) is 4. The summed E-state index contributed by atoms with van der Waals surface area (Å²) in [6.45, 7) is 7.29. The zero-order valence-corrected chi connectivity index (χ0v) is 16.2. The Bertz CT molecular complexity index is 940. The van der Waals surface area contributed by atoms with Crippen LogP contribution in [0.2, 0.25) is 0 Å². The van der Waals surface area contributed by atoms with E-state index in [4.69, 9.17) is 0 Å². The first kappa shape index (κ1) is 19.5. The molecule has 8 nitrogen and oxygen atoms in total. The van der Waals surface area contributed by atoms with Crippen molar-refractivity contribution in [3.63, 3.8) is 0 Å². The van der Waals surface area contributed by atoms with Crippen molar-refractivity contribution in [2.24, 2.45) is 0 Å². The Morgan fingerprint density at radius 1 is 1.14 bits per heavy atom. The molecule has 1 saturated heterocycles. The first-order valence-corrected chi connectivity index (χ1v) is 8.98. The van der Waals surface area contributed by atoms with Crippen LogP contribution in [0.5, 0.6) is 0 Å². The normalized spacial score (nSPS) is 16.2. The number of rotatable bonds is 5. The highest BCUT2D eigenvalue weighted by molar-refractivity contribution is 6.23. The molecular weight excluding hydrogens is 360 g/mol. The van der Waals surface area contributed by atoms with E-state index in [-0.39, 0.29) is 23.8 Å². The molecule has 1 fully saturated rings. The van der Waals surface area contributed by atoms with Gasteiger partial charge in [0.05, 0.1) is 10.6 Å². The molecule has 0 atom stereocenters. The van der Waals surface area contributed by atoms with E-state index < -0.39 is 22.4 Å². The lowest BCUT2D eigenvalue weighted by Gasteiger charge is -2.27. The fraction of sp³-hybridized carbons (Fsp3) is 0.350. The standard InChI is InChI=1S/C20H22N4O4/c1-13(2)16-6-5-15(11-17(16)24(27)28)23-18(25)20(3,4)22(19(23)26)12-14-7-9-21-10-8-14/h5-11,13H,12H2,1-4H3. The highest BCUT2D eigenvalue weighted by Gasteiger charge is 2.52. The number of nitro groups is 1. The van der Waals surface area contributed by atoms with Gasteiger partial charge in [-0.2, -0.15) is 0 Å². The van der Waals surface area contributed by atoms with Crippen molar-refractivity contribution in [1.82, 2.24) is 9.88 Å². The first-order valence-electron chi connectivity index (χ1n) is 8.98. The number of carbonyl (C=O) groups excluding carboxylic acids is 2. The van der Waals surface area contributed by atoms with Crippen molar-refractivity contribution in [2.75, 3.05) is 4.90 Å². The molecule has 0 unspecified atom stereocenters. The van der Waals surface area contributed by atoms with E-state index in [0.29, 0.717) is 5.56 Å². The number of pyridine rings is 1. The minimum Gasteiger partial charge on any atom is -0.305 e. The molecule has 0 aliphatic carbocycles. The van der Waals surface area contributed by atoms with E-state index in [1.807, 2.05) is 13.8 Å². The van der Waals surface area contributed by atoms with Crippen LogP contribution in [0.3, 0.4) is 0 Å². The van der Waals surface area contributed by atoms with Gasteiger partial charge in [0.15, 0.2) is 0 Å². The third-order valence-corrected chi connectivity index (χ3v) is 5.00. The van der Waals surface area contributed by atoms with Gasteiger partial charge in [0.1, 0.15) is 5.54 Å². The monoisotopic (exact) mass is 382 g/mol. The lowest BCUT2D eigenvalue weighted by molar-refractivity contribution is -0.385.